The van der Waals surface area contributed by atoms with Crippen molar-refractivity contribution in [3.63, 3.8) is 0 Å². The molecule has 2 bridgehead atoms. The number of likely N-dealkylation sites (tertiary alicyclic amines) is 1. The Morgan fingerprint density at radius 2 is 2.00 bits per heavy atom. The first-order valence-electron chi connectivity index (χ1n) is 8.33. The lowest BCUT2D eigenvalue weighted by atomic mass is 10.1. The van der Waals surface area contributed by atoms with Gasteiger partial charge in [-0.1, -0.05) is 6.07 Å². The number of nitrogens with one attached hydrogen (secondary N) is 1. The lowest BCUT2D eigenvalue weighted by Gasteiger charge is -2.32. The first-order chi connectivity index (χ1) is 11.6. The van der Waals surface area contributed by atoms with Gasteiger partial charge in [-0.3, -0.25) is 0 Å². The normalized spacial score (nSPS) is 22.7. The maximum absolute atomic E-state index is 12.5. The van der Waals surface area contributed by atoms with Crippen molar-refractivity contribution in [2.24, 2.45) is 0 Å². The third-order valence-electron chi connectivity index (χ3n) is 4.67. The molecule has 2 aliphatic heterocycles. The number of fused-ring (bicyclic) bond motifs is 2. The van der Waals surface area contributed by atoms with E-state index in [1.807, 2.05) is 36.9 Å². The van der Waals surface area contributed by atoms with Gasteiger partial charge in [0.25, 0.3) is 0 Å². The average Bonchev–Trinajstić information content (AvgIpc) is 3.14. The summed E-state index contributed by atoms with van der Waals surface area (Å²) in [5.41, 5.74) is 3.53. The van der Waals surface area contributed by atoms with E-state index >= 15 is 0 Å². The van der Waals surface area contributed by atoms with Crippen molar-refractivity contribution in [3.8, 4) is 11.5 Å². The molecule has 126 valence electrons. The minimum absolute atomic E-state index is 0.0754. The van der Waals surface area contributed by atoms with Crippen molar-refractivity contribution in [2.45, 2.75) is 38.9 Å². The monoisotopic (exact) mass is 327 g/mol. The van der Waals surface area contributed by atoms with E-state index in [0.29, 0.717) is 19.0 Å². The standard InChI is InChI=1S/C18H21N3O3/c1-11-3-4-13(7-16(11)17-19-12(2)10-23-17)20-18(22)21-8-14-5-6-15(9-21)24-14/h3-4,7,10,14-15H,5-6,8-9H2,1-2H3,(H,20,22). The van der Waals surface area contributed by atoms with E-state index in [4.69, 9.17) is 9.15 Å². The lowest BCUT2D eigenvalue weighted by molar-refractivity contribution is -0.0219. The summed E-state index contributed by atoms with van der Waals surface area (Å²) in [6, 6.07) is 5.71. The molecule has 2 unspecified atom stereocenters. The number of hydrogen-bond acceptors (Lipinski definition) is 4. The van der Waals surface area contributed by atoms with Crippen molar-refractivity contribution < 1.29 is 13.9 Å². The van der Waals surface area contributed by atoms with Crippen LogP contribution in [0.25, 0.3) is 11.5 Å². The quantitative estimate of drug-likeness (QED) is 0.918. The van der Waals surface area contributed by atoms with Gasteiger partial charge in [-0.25, -0.2) is 9.78 Å². The number of benzene rings is 1. The molecule has 2 saturated heterocycles. The van der Waals surface area contributed by atoms with Crippen LogP contribution in [0.1, 0.15) is 24.1 Å². The van der Waals surface area contributed by atoms with Crippen LogP contribution in [0.2, 0.25) is 0 Å². The Morgan fingerprint density at radius 1 is 1.25 bits per heavy atom. The number of ether oxygens (including phenoxy) is 1. The molecule has 2 aromatic rings. The molecule has 6 heteroatoms. The van der Waals surface area contributed by atoms with Crippen LogP contribution in [0.5, 0.6) is 0 Å². The molecule has 0 aliphatic carbocycles. The van der Waals surface area contributed by atoms with Crippen molar-refractivity contribution >= 4 is 11.7 Å². The number of morpholine rings is 1. The van der Waals surface area contributed by atoms with Crippen LogP contribution in [0.15, 0.2) is 28.9 Å². The molecule has 0 spiro atoms. The number of urea groups is 1. The van der Waals surface area contributed by atoms with Gasteiger partial charge in [-0.2, -0.15) is 0 Å². The van der Waals surface area contributed by atoms with E-state index in [1.165, 1.54) is 0 Å². The molecule has 1 aromatic carbocycles. The molecule has 2 aliphatic rings. The van der Waals surface area contributed by atoms with Gasteiger partial charge >= 0.3 is 6.03 Å². The third-order valence-corrected chi connectivity index (χ3v) is 4.67. The van der Waals surface area contributed by atoms with Gasteiger partial charge < -0.3 is 19.4 Å². The van der Waals surface area contributed by atoms with Gasteiger partial charge in [0.2, 0.25) is 5.89 Å². The molecule has 6 nitrogen and oxygen atoms in total. The summed E-state index contributed by atoms with van der Waals surface area (Å²) in [5, 5.41) is 2.99. The summed E-state index contributed by atoms with van der Waals surface area (Å²) in [5.74, 6) is 0.575. The molecule has 2 amide bonds. The molecule has 2 atom stereocenters. The molecule has 0 saturated carbocycles. The summed E-state index contributed by atoms with van der Waals surface area (Å²) >= 11 is 0. The van der Waals surface area contributed by atoms with Crippen LogP contribution in [-0.2, 0) is 4.74 Å². The molecule has 1 aromatic heterocycles. The van der Waals surface area contributed by atoms with E-state index in [0.717, 1.165) is 35.3 Å². The van der Waals surface area contributed by atoms with E-state index < -0.39 is 0 Å². The summed E-state index contributed by atoms with van der Waals surface area (Å²) < 4.78 is 11.3. The Bertz CT molecular complexity index is 759. The van der Waals surface area contributed by atoms with E-state index in [1.54, 1.807) is 6.26 Å². The Hall–Kier alpha value is -2.34. The Balaban J connectivity index is 1.51. The average molecular weight is 327 g/mol. The zero-order valence-electron chi connectivity index (χ0n) is 13.9. The van der Waals surface area contributed by atoms with Crippen LogP contribution in [0.4, 0.5) is 10.5 Å². The highest BCUT2D eigenvalue weighted by Crippen LogP contribution is 2.28. The van der Waals surface area contributed by atoms with Crippen molar-refractivity contribution in [2.75, 3.05) is 18.4 Å². The highest BCUT2D eigenvalue weighted by atomic mass is 16.5. The van der Waals surface area contributed by atoms with E-state index in [9.17, 15) is 4.79 Å². The Kier molecular flexibility index (Phi) is 3.76. The first-order valence-corrected chi connectivity index (χ1v) is 8.33. The second-order valence-corrected chi connectivity index (χ2v) is 6.62. The predicted octanol–water partition coefficient (Wildman–Crippen LogP) is 3.35. The van der Waals surface area contributed by atoms with Crippen LogP contribution >= 0.6 is 0 Å². The van der Waals surface area contributed by atoms with Crippen molar-refractivity contribution in [1.82, 2.24) is 9.88 Å². The molecule has 4 rings (SSSR count). The number of rotatable bonds is 2. The number of nitrogens with zero attached hydrogens (tertiary/aromatic N) is 2. The number of anilines is 1. The lowest BCUT2D eigenvalue weighted by Crippen LogP contribution is -2.47. The van der Waals surface area contributed by atoms with Crippen molar-refractivity contribution in [1.29, 1.82) is 0 Å². The SMILES string of the molecule is Cc1coc(-c2cc(NC(=O)N3CC4CCC(C3)O4)ccc2C)n1. The molecule has 1 N–H and O–H groups in total. The molecular weight excluding hydrogens is 306 g/mol. The third kappa shape index (κ3) is 2.89. The Labute approximate surface area is 140 Å². The summed E-state index contributed by atoms with van der Waals surface area (Å²) in [4.78, 5) is 18.8. The van der Waals surface area contributed by atoms with Gasteiger partial charge in [0.05, 0.1) is 17.9 Å². The number of amides is 2. The van der Waals surface area contributed by atoms with E-state index in [-0.39, 0.29) is 18.2 Å². The number of oxazole rings is 1. The number of hydrogen-bond donors (Lipinski definition) is 1. The largest absolute Gasteiger partial charge is 0.444 e. The minimum atomic E-state index is -0.0754. The maximum Gasteiger partial charge on any atom is 0.322 e. The van der Waals surface area contributed by atoms with Gasteiger partial charge in [-0.05, 0) is 44.4 Å². The minimum Gasteiger partial charge on any atom is -0.444 e. The summed E-state index contributed by atoms with van der Waals surface area (Å²) in [7, 11) is 0. The fraction of sp³-hybridized carbons (Fsp3) is 0.444. The number of carbonyl (C=O) groups excluding carboxylic acids is 1. The topological polar surface area (TPSA) is 67.6 Å². The zero-order chi connectivity index (χ0) is 16.7. The number of aryl methyl sites for hydroxylation is 2. The fourth-order valence-electron chi connectivity index (χ4n) is 3.39. The smallest absolute Gasteiger partial charge is 0.322 e. The van der Waals surface area contributed by atoms with Gasteiger partial charge in [0.1, 0.15) is 6.26 Å². The fourth-order valence-corrected chi connectivity index (χ4v) is 3.39. The molecule has 24 heavy (non-hydrogen) atoms. The molecular formula is C18H21N3O3. The second kappa shape index (κ2) is 5.94. The highest BCUT2D eigenvalue weighted by Gasteiger charge is 2.35. The number of aromatic nitrogens is 1. The highest BCUT2D eigenvalue weighted by molar-refractivity contribution is 5.90. The van der Waals surface area contributed by atoms with Gasteiger partial charge in [0, 0.05) is 24.3 Å². The molecule has 3 heterocycles. The zero-order valence-corrected chi connectivity index (χ0v) is 13.9. The predicted molar refractivity (Wildman–Crippen MR) is 89.9 cm³/mol. The van der Waals surface area contributed by atoms with Crippen LogP contribution < -0.4 is 5.32 Å². The summed E-state index contributed by atoms with van der Waals surface area (Å²) in [6.07, 6.45) is 4.11. The molecule has 0 radical (unpaired) electrons. The van der Waals surface area contributed by atoms with E-state index in [2.05, 4.69) is 10.3 Å². The molecule has 2 fully saturated rings. The Morgan fingerprint density at radius 3 is 2.67 bits per heavy atom. The summed E-state index contributed by atoms with van der Waals surface area (Å²) in [6.45, 7) is 5.22. The van der Waals surface area contributed by atoms with Crippen LogP contribution in [-0.4, -0.2) is 41.2 Å². The van der Waals surface area contributed by atoms with Gasteiger partial charge in [0.15, 0.2) is 0 Å². The van der Waals surface area contributed by atoms with Crippen molar-refractivity contribution in [3.05, 3.63) is 35.7 Å². The van der Waals surface area contributed by atoms with Gasteiger partial charge in [-0.15, -0.1) is 0 Å². The second-order valence-electron chi connectivity index (χ2n) is 6.62. The number of carbonyl (C=O) groups is 1. The first kappa shape index (κ1) is 15.2. The van der Waals surface area contributed by atoms with Crippen LogP contribution in [0.3, 0.4) is 0 Å². The maximum atomic E-state index is 12.5. The van der Waals surface area contributed by atoms with Crippen LogP contribution in [0, 0.1) is 13.8 Å².